The van der Waals surface area contributed by atoms with Gasteiger partial charge in [-0.05, 0) is 92.1 Å². The van der Waals surface area contributed by atoms with Crippen molar-refractivity contribution in [1.29, 1.82) is 0 Å². The summed E-state index contributed by atoms with van der Waals surface area (Å²) in [6, 6.07) is 21.1. The van der Waals surface area contributed by atoms with E-state index in [9.17, 15) is 14.4 Å². The number of anilines is 1. The fourth-order valence-corrected chi connectivity index (χ4v) is 5.21. The third-order valence-electron chi connectivity index (χ3n) is 6.98. The van der Waals surface area contributed by atoms with Crippen LogP contribution in [0.4, 0.5) is 10.5 Å². The summed E-state index contributed by atoms with van der Waals surface area (Å²) in [5, 5.41) is 3.40. The van der Waals surface area contributed by atoms with Gasteiger partial charge in [-0.3, -0.25) is 14.9 Å². The highest BCUT2D eigenvalue weighted by molar-refractivity contribution is 6.39. The maximum absolute atomic E-state index is 13.4. The highest BCUT2D eigenvalue weighted by atomic mass is 35.5. The molecule has 1 aliphatic heterocycles. The van der Waals surface area contributed by atoms with Gasteiger partial charge in [0, 0.05) is 32.7 Å². The first kappa shape index (κ1) is 28.2. The van der Waals surface area contributed by atoms with Crippen molar-refractivity contribution >= 4 is 52.8 Å². The van der Waals surface area contributed by atoms with E-state index in [1.165, 1.54) is 6.08 Å². The van der Waals surface area contributed by atoms with Gasteiger partial charge in [0.25, 0.3) is 11.8 Å². The molecule has 1 aliphatic rings. The molecule has 41 heavy (non-hydrogen) atoms. The summed E-state index contributed by atoms with van der Waals surface area (Å²) in [7, 11) is 0. The number of amides is 4. The molecule has 0 atom stereocenters. The lowest BCUT2D eigenvalue weighted by Crippen LogP contribution is -2.54. The van der Waals surface area contributed by atoms with E-state index in [4.69, 9.17) is 27.9 Å². The summed E-state index contributed by atoms with van der Waals surface area (Å²) in [6.45, 7) is 6.16. The van der Waals surface area contributed by atoms with E-state index in [1.807, 2.05) is 73.9 Å². The smallest absolute Gasteiger partial charge is 0.335 e. The van der Waals surface area contributed by atoms with Crippen LogP contribution in [0.15, 0.2) is 78.4 Å². The Bertz CT molecular complexity index is 1690. The van der Waals surface area contributed by atoms with Crippen molar-refractivity contribution in [2.75, 3.05) is 4.90 Å². The molecule has 0 bridgehead atoms. The quantitative estimate of drug-likeness (QED) is 0.183. The van der Waals surface area contributed by atoms with Crippen LogP contribution >= 0.6 is 23.2 Å². The molecule has 9 heteroatoms. The van der Waals surface area contributed by atoms with Gasteiger partial charge in [-0.15, -0.1) is 0 Å². The van der Waals surface area contributed by atoms with Crippen LogP contribution in [0.25, 0.3) is 11.8 Å². The van der Waals surface area contributed by atoms with Crippen molar-refractivity contribution in [3.63, 3.8) is 0 Å². The molecule has 4 amide bonds. The number of rotatable bonds is 7. The molecule has 2 heterocycles. The standard InChI is InChI=1S/C32H27Cl2N3O4/c1-4-21-5-9-26(10-6-21)37-31(39)28(30(38)35-32(37)40)16-23-15-19(2)36(20(23)3)25-11-13-27(14-12-25)41-18-22-7-8-24(33)17-29(22)34/h5-17H,4,18H2,1-3H3,(H,35,38,40)/b28-16-. The molecule has 208 valence electrons. The third kappa shape index (κ3) is 5.78. The van der Waals surface area contributed by atoms with Crippen LogP contribution in [0.2, 0.25) is 10.0 Å². The van der Waals surface area contributed by atoms with E-state index in [0.717, 1.165) is 39.5 Å². The van der Waals surface area contributed by atoms with Gasteiger partial charge in [0.05, 0.1) is 5.69 Å². The molecule has 0 unspecified atom stereocenters. The van der Waals surface area contributed by atoms with E-state index in [0.29, 0.717) is 33.7 Å². The lowest BCUT2D eigenvalue weighted by atomic mass is 10.1. The van der Waals surface area contributed by atoms with E-state index in [1.54, 1.807) is 24.3 Å². The predicted molar refractivity (Wildman–Crippen MR) is 161 cm³/mol. The highest BCUT2D eigenvalue weighted by Crippen LogP contribution is 2.28. The van der Waals surface area contributed by atoms with E-state index >= 15 is 0 Å². The zero-order valence-corrected chi connectivity index (χ0v) is 24.2. The summed E-state index contributed by atoms with van der Waals surface area (Å²) in [5.74, 6) is -0.727. The number of hydrogen-bond acceptors (Lipinski definition) is 4. The number of halogens is 2. The lowest BCUT2D eigenvalue weighted by molar-refractivity contribution is -0.122. The number of aryl methyl sites for hydroxylation is 2. The highest BCUT2D eigenvalue weighted by Gasteiger charge is 2.37. The SMILES string of the molecule is CCc1ccc(N2C(=O)NC(=O)/C(=C/c3cc(C)n(-c4ccc(OCc5ccc(Cl)cc5Cl)cc4)c3C)C2=O)cc1. The molecule has 0 spiro atoms. The number of aromatic nitrogens is 1. The van der Waals surface area contributed by atoms with Gasteiger partial charge in [0.1, 0.15) is 17.9 Å². The first-order valence-electron chi connectivity index (χ1n) is 13.0. The average Bonchev–Trinajstić information content (AvgIpc) is 3.23. The van der Waals surface area contributed by atoms with Crippen LogP contribution in [0.5, 0.6) is 5.75 Å². The van der Waals surface area contributed by atoms with Crippen molar-refractivity contribution in [1.82, 2.24) is 9.88 Å². The minimum absolute atomic E-state index is 0.117. The molecular formula is C32H27Cl2N3O4. The number of imide groups is 2. The van der Waals surface area contributed by atoms with Crippen LogP contribution in [0, 0.1) is 13.8 Å². The third-order valence-corrected chi connectivity index (χ3v) is 7.57. The second-order valence-electron chi connectivity index (χ2n) is 9.66. The first-order valence-corrected chi connectivity index (χ1v) is 13.8. The van der Waals surface area contributed by atoms with E-state index < -0.39 is 17.8 Å². The molecule has 7 nitrogen and oxygen atoms in total. The summed E-state index contributed by atoms with van der Waals surface area (Å²) in [4.78, 5) is 39.7. The van der Waals surface area contributed by atoms with Crippen molar-refractivity contribution in [2.45, 2.75) is 33.8 Å². The van der Waals surface area contributed by atoms with Gasteiger partial charge in [-0.25, -0.2) is 9.69 Å². The summed E-state index contributed by atoms with van der Waals surface area (Å²) < 4.78 is 7.92. The molecule has 1 saturated heterocycles. The molecule has 1 fully saturated rings. The van der Waals surface area contributed by atoms with Crippen molar-refractivity contribution in [3.8, 4) is 11.4 Å². The molecule has 1 aromatic heterocycles. The molecular weight excluding hydrogens is 561 g/mol. The predicted octanol–water partition coefficient (Wildman–Crippen LogP) is 7.21. The number of benzene rings is 3. The second-order valence-corrected chi connectivity index (χ2v) is 10.5. The molecule has 0 saturated carbocycles. The van der Waals surface area contributed by atoms with Gasteiger partial charge < -0.3 is 9.30 Å². The Morgan fingerprint density at radius 1 is 0.878 bits per heavy atom. The second kappa shape index (κ2) is 11.6. The molecule has 5 rings (SSSR count). The van der Waals surface area contributed by atoms with Crippen molar-refractivity contribution in [2.24, 2.45) is 0 Å². The van der Waals surface area contributed by atoms with Crippen LogP contribution in [0.1, 0.15) is 35.0 Å². The number of carbonyl (C=O) groups excluding carboxylic acids is 3. The normalized spacial score (nSPS) is 14.5. The van der Waals surface area contributed by atoms with Crippen LogP contribution in [0.3, 0.4) is 0 Å². The van der Waals surface area contributed by atoms with Crippen molar-refractivity contribution < 1.29 is 19.1 Å². The van der Waals surface area contributed by atoms with Gasteiger partial charge in [-0.2, -0.15) is 0 Å². The van der Waals surface area contributed by atoms with Crippen LogP contribution in [-0.4, -0.2) is 22.4 Å². The Morgan fingerprint density at radius 2 is 1.56 bits per heavy atom. The van der Waals surface area contributed by atoms with Crippen LogP contribution < -0.4 is 15.0 Å². The summed E-state index contributed by atoms with van der Waals surface area (Å²) in [6.07, 6.45) is 2.36. The Hall–Kier alpha value is -4.33. The Morgan fingerprint density at radius 3 is 2.22 bits per heavy atom. The molecule has 4 aromatic rings. The largest absolute Gasteiger partial charge is 0.489 e. The topological polar surface area (TPSA) is 80.6 Å². The number of barbiturate groups is 1. The molecule has 1 N–H and O–H groups in total. The number of nitrogens with zero attached hydrogens (tertiary/aromatic N) is 2. The zero-order valence-electron chi connectivity index (χ0n) is 22.7. The minimum atomic E-state index is -0.771. The molecule has 0 aliphatic carbocycles. The fourth-order valence-electron chi connectivity index (χ4n) is 4.75. The number of ether oxygens (including phenoxy) is 1. The number of hydrogen-bond donors (Lipinski definition) is 1. The zero-order chi connectivity index (χ0) is 29.3. The lowest BCUT2D eigenvalue weighted by Gasteiger charge is -2.26. The van der Waals surface area contributed by atoms with Gasteiger partial charge in [0.15, 0.2) is 0 Å². The first-order chi connectivity index (χ1) is 19.7. The number of carbonyl (C=O) groups is 3. The van der Waals surface area contributed by atoms with Gasteiger partial charge >= 0.3 is 6.03 Å². The van der Waals surface area contributed by atoms with E-state index in [-0.39, 0.29) is 5.57 Å². The number of urea groups is 1. The minimum Gasteiger partial charge on any atom is -0.489 e. The Labute approximate surface area is 247 Å². The monoisotopic (exact) mass is 587 g/mol. The molecule has 0 radical (unpaired) electrons. The molecule has 3 aromatic carbocycles. The average molecular weight is 588 g/mol. The maximum Gasteiger partial charge on any atom is 0.335 e. The summed E-state index contributed by atoms with van der Waals surface area (Å²) >= 11 is 12.2. The maximum atomic E-state index is 13.4. The van der Waals surface area contributed by atoms with Gasteiger partial charge in [0.2, 0.25) is 0 Å². The van der Waals surface area contributed by atoms with E-state index in [2.05, 4.69) is 5.32 Å². The Balaban J connectivity index is 1.38. The summed E-state index contributed by atoms with van der Waals surface area (Å²) in [5.41, 5.74) is 5.49. The van der Waals surface area contributed by atoms with Crippen molar-refractivity contribution in [3.05, 3.63) is 116 Å². The van der Waals surface area contributed by atoms with Gasteiger partial charge in [-0.1, -0.05) is 48.3 Å². The fraction of sp³-hybridized carbons (Fsp3) is 0.156. The Kier molecular flexibility index (Phi) is 8.01. The van der Waals surface area contributed by atoms with Crippen LogP contribution in [-0.2, 0) is 22.6 Å². The number of nitrogens with one attached hydrogen (secondary N) is 1.